The van der Waals surface area contributed by atoms with Crippen molar-refractivity contribution in [1.82, 2.24) is 15.5 Å². The SMILES string of the molecule is Cl.O=C(CCC1CCOCC1)NCC(N1CCNCC1)C(F)(F)F. The van der Waals surface area contributed by atoms with Crippen molar-refractivity contribution in [3.05, 3.63) is 0 Å². The molecule has 2 aliphatic heterocycles. The van der Waals surface area contributed by atoms with Crippen LogP contribution in [-0.2, 0) is 9.53 Å². The molecule has 2 N–H and O–H groups in total. The van der Waals surface area contributed by atoms with Gasteiger partial charge in [0.1, 0.15) is 6.04 Å². The molecule has 1 unspecified atom stereocenters. The second kappa shape index (κ2) is 10.4. The van der Waals surface area contributed by atoms with Crippen LogP contribution in [0, 0.1) is 5.92 Å². The van der Waals surface area contributed by atoms with Crippen LogP contribution in [0.3, 0.4) is 0 Å². The van der Waals surface area contributed by atoms with Gasteiger partial charge in [0.15, 0.2) is 0 Å². The molecule has 0 aromatic heterocycles. The highest BCUT2D eigenvalue weighted by atomic mass is 35.5. The third kappa shape index (κ3) is 7.13. The summed E-state index contributed by atoms with van der Waals surface area (Å²) in [5.74, 6) is 0.155. The molecule has 2 aliphatic rings. The molecule has 0 bridgehead atoms. The summed E-state index contributed by atoms with van der Waals surface area (Å²) in [4.78, 5) is 13.3. The molecule has 0 aromatic carbocycles. The van der Waals surface area contributed by atoms with E-state index in [1.165, 1.54) is 4.90 Å². The van der Waals surface area contributed by atoms with Gasteiger partial charge in [-0.05, 0) is 25.2 Å². The minimum Gasteiger partial charge on any atom is -0.381 e. The maximum absolute atomic E-state index is 13.2. The van der Waals surface area contributed by atoms with Crippen molar-refractivity contribution in [1.29, 1.82) is 0 Å². The third-order valence-corrected chi connectivity index (χ3v) is 4.58. The van der Waals surface area contributed by atoms with Crippen LogP contribution in [0.15, 0.2) is 0 Å². The molecule has 5 nitrogen and oxygen atoms in total. The third-order valence-electron chi connectivity index (χ3n) is 4.58. The molecule has 24 heavy (non-hydrogen) atoms. The van der Waals surface area contributed by atoms with Crippen molar-refractivity contribution < 1.29 is 22.7 Å². The van der Waals surface area contributed by atoms with Crippen LogP contribution >= 0.6 is 12.4 Å². The molecule has 0 spiro atoms. The Morgan fingerprint density at radius 1 is 1.25 bits per heavy atom. The van der Waals surface area contributed by atoms with Crippen LogP contribution in [0.5, 0.6) is 0 Å². The number of amides is 1. The van der Waals surface area contributed by atoms with E-state index in [0.717, 1.165) is 19.3 Å². The lowest BCUT2D eigenvalue weighted by Crippen LogP contribution is -2.57. The summed E-state index contributed by atoms with van der Waals surface area (Å²) < 4.78 is 44.9. The summed E-state index contributed by atoms with van der Waals surface area (Å²) in [6.07, 6.45) is -1.46. The first-order valence-electron chi connectivity index (χ1n) is 8.32. The van der Waals surface area contributed by atoms with Gasteiger partial charge < -0.3 is 15.4 Å². The minimum atomic E-state index is -4.33. The smallest absolute Gasteiger partial charge is 0.381 e. The number of carbonyl (C=O) groups excluding carboxylic acids is 1. The number of hydrogen-bond acceptors (Lipinski definition) is 4. The van der Waals surface area contributed by atoms with Crippen molar-refractivity contribution in [2.24, 2.45) is 5.92 Å². The monoisotopic (exact) mass is 373 g/mol. The summed E-state index contributed by atoms with van der Waals surface area (Å²) in [7, 11) is 0. The number of rotatable bonds is 6. The number of nitrogens with one attached hydrogen (secondary N) is 2. The normalized spacial score (nSPS) is 21.8. The lowest BCUT2D eigenvalue weighted by atomic mass is 9.95. The number of nitrogens with zero attached hydrogens (tertiary/aromatic N) is 1. The lowest BCUT2D eigenvalue weighted by molar-refractivity contribution is -0.184. The number of halogens is 4. The van der Waals surface area contributed by atoms with Gasteiger partial charge in [-0.25, -0.2) is 0 Å². The van der Waals surface area contributed by atoms with Crippen LogP contribution in [0.25, 0.3) is 0 Å². The van der Waals surface area contributed by atoms with Crippen molar-refractivity contribution in [3.63, 3.8) is 0 Å². The predicted octanol–water partition coefficient (Wildman–Crippen LogP) is 1.57. The molecule has 0 aromatic rings. The van der Waals surface area contributed by atoms with Crippen molar-refractivity contribution in [2.45, 2.75) is 37.9 Å². The predicted molar refractivity (Wildman–Crippen MR) is 87.3 cm³/mol. The largest absolute Gasteiger partial charge is 0.405 e. The summed E-state index contributed by atoms with van der Waals surface area (Å²) in [6, 6.07) is -1.60. The van der Waals surface area contributed by atoms with E-state index in [-0.39, 0.29) is 31.3 Å². The Morgan fingerprint density at radius 3 is 2.46 bits per heavy atom. The summed E-state index contributed by atoms with van der Waals surface area (Å²) in [6.45, 7) is 2.85. The average Bonchev–Trinajstić information content (AvgIpc) is 2.54. The molecule has 2 rings (SSSR count). The first-order chi connectivity index (χ1) is 11.0. The van der Waals surface area contributed by atoms with E-state index >= 15 is 0 Å². The Labute approximate surface area is 147 Å². The van der Waals surface area contributed by atoms with Gasteiger partial charge in [0.2, 0.25) is 5.91 Å². The number of piperazine rings is 1. The Bertz CT molecular complexity index is 373. The van der Waals surface area contributed by atoms with Crippen LogP contribution in [0.1, 0.15) is 25.7 Å². The molecule has 2 heterocycles. The van der Waals surface area contributed by atoms with E-state index < -0.39 is 12.2 Å². The highest BCUT2D eigenvalue weighted by Crippen LogP contribution is 2.25. The molecule has 1 amide bonds. The van der Waals surface area contributed by atoms with Gasteiger partial charge in [0.25, 0.3) is 0 Å². The van der Waals surface area contributed by atoms with E-state index in [1.54, 1.807) is 0 Å². The van der Waals surface area contributed by atoms with E-state index in [9.17, 15) is 18.0 Å². The van der Waals surface area contributed by atoms with Crippen LogP contribution in [0.2, 0.25) is 0 Å². The Balaban J connectivity index is 0.00000288. The molecule has 2 fully saturated rings. The topological polar surface area (TPSA) is 53.6 Å². The Kier molecular flexibility index (Phi) is 9.33. The van der Waals surface area contributed by atoms with Gasteiger partial charge in [0.05, 0.1) is 0 Å². The second-order valence-electron chi connectivity index (χ2n) is 6.24. The molecule has 142 valence electrons. The zero-order valence-corrected chi connectivity index (χ0v) is 14.6. The van der Waals surface area contributed by atoms with Gasteiger partial charge in [-0.1, -0.05) is 0 Å². The van der Waals surface area contributed by atoms with Gasteiger partial charge in [-0.3, -0.25) is 9.69 Å². The molecular formula is C15H27ClF3N3O2. The van der Waals surface area contributed by atoms with Gasteiger partial charge in [-0.15, -0.1) is 12.4 Å². The molecular weight excluding hydrogens is 347 g/mol. The summed E-state index contributed by atoms with van der Waals surface area (Å²) in [5.41, 5.74) is 0. The lowest BCUT2D eigenvalue weighted by Gasteiger charge is -2.36. The van der Waals surface area contributed by atoms with E-state index in [0.29, 0.717) is 45.3 Å². The molecule has 0 saturated carbocycles. The van der Waals surface area contributed by atoms with Crippen LogP contribution in [0.4, 0.5) is 13.2 Å². The molecule has 0 aliphatic carbocycles. The average molecular weight is 374 g/mol. The first kappa shape index (κ1) is 21.5. The highest BCUT2D eigenvalue weighted by Gasteiger charge is 2.43. The quantitative estimate of drug-likeness (QED) is 0.742. The first-order valence-corrected chi connectivity index (χ1v) is 8.32. The van der Waals surface area contributed by atoms with Crippen LogP contribution < -0.4 is 10.6 Å². The maximum atomic E-state index is 13.2. The standard InChI is InChI=1S/C15H26F3N3O2.ClH/c16-15(17,18)13(21-7-5-19-6-8-21)11-20-14(22)2-1-12-3-9-23-10-4-12;/h12-13,19H,1-11H2,(H,20,22);1H. The van der Waals surface area contributed by atoms with Gasteiger partial charge in [-0.2, -0.15) is 13.2 Å². The summed E-state index contributed by atoms with van der Waals surface area (Å²) >= 11 is 0. The maximum Gasteiger partial charge on any atom is 0.405 e. The Morgan fingerprint density at radius 2 is 1.88 bits per heavy atom. The molecule has 1 atom stereocenters. The van der Waals surface area contributed by atoms with Crippen molar-refractivity contribution in [3.8, 4) is 0 Å². The minimum absolute atomic E-state index is 0. The van der Waals surface area contributed by atoms with Crippen molar-refractivity contribution in [2.75, 3.05) is 45.9 Å². The molecule has 9 heteroatoms. The summed E-state index contributed by atoms with van der Waals surface area (Å²) in [5, 5.41) is 5.51. The van der Waals surface area contributed by atoms with Crippen LogP contribution in [-0.4, -0.2) is 69.0 Å². The zero-order valence-electron chi connectivity index (χ0n) is 13.7. The number of ether oxygens (including phenoxy) is 1. The zero-order chi connectivity index (χ0) is 16.7. The Hall–Kier alpha value is -0.570. The second-order valence-corrected chi connectivity index (χ2v) is 6.24. The fourth-order valence-electron chi connectivity index (χ4n) is 3.11. The fraction of sp³-hybridized carbons (Fsp3) is 0.933. The fourth-order valence-corrected chi connectivity index (χ4v) is 3.11. The number of alkyl halides is 3. The van der Waals surface area contributed by atoms with Gasteiger partial charge in [0, 0.05) is 52.4 Å². The number of hydrogen-bond donors (Lipinski definition) is 2. The number of carbonyl (C=O) groups is 1. The molecule has 0 radical (unpaired) electrons. The van der Waals surface area contributed by atoms with Crippen molar-refractivity contribution >= 4 is 18.3 Å². The van der Waals surface area contributed by atoms with Gasteiger partial charge >= 0.3 is 6.18 Å². The molecule has 2 saturated heterocycles. The van der Waals surface area contributed by atoms with E-state index in [1.807, 2.05) is 0 Å². The highest BCUT2D eigenvalue weighted by molar-refractivity contribution is 5.85. The van der Waals surface area contributed by atoms with E-state index in [2.05, 4.69) is 10.6 Å². The van der Waals surface area contributed by atoms with E-state index in [4.69, 9.17) is 4.74 Å².